The van der Waals surface area contributed by atoms with Gasteiger partial charge < -0.3 is 19.7 Å². The first-order valence-corrected chi connectivity index (χ1v) is 11.1. The van der Waals surface area contributed by atoms with E-state index in [0.717, 1.165) is 52.4 Å². The van der Waals surface area contributed by atoms with Gasteiger partial charge in [-0.2, -0.15) is 0 Å². The summed E-state index contributed by atoms with van der Waals surface area (Å²) in [7, 11) is 0. The summed E-state index contributed by atoms with van der Waals surface area (Å²) in [6, 6.07) is 0. The number of rotatable bonds is 9. The maximum absolute atomic E-state index is 12.1. The molecule has 0 aliphatic carbocycles. The Labute approximate surface area is 174 Å². The number of aliphatic hydroxyl groups is 1. The number of aromatic nitrogens is 1. The quantitative estimate of drug-likeness (QED) is 0.632. The molecule has 0 aromatic carbocycles. The normalized spacial score (nSPS) is 20.8. The van der Waals surface area contributed by atoms with E-state index < -0.39 is 0 Å². The molecule has 2 fully saturated rings. The van der Waals surface area contributed by atoms with E-state index in [-0.39, 0.29) is 12.0 Å². The standard InChI is InChI=1S/C21H37N5O3/c1-17(2)12-22-21(28)19-16-29-20(23-19)15-26-10-8-25(9-11-26)14-18(27)13-24-6-4-3-5-7-24/h16-18,27H,3-15H2,1-2H3,(H,22,28)/t18-/m0/s1. The molecule has 2 N–H and O–H groups in total. The summed E-state index contributed by atoms with van der Waals surface area (Å²) in [6.07, 6.45) is 5.00. The van der Waals surface area contributed by atoms with Gasteiger partial charge in [-0.15, -0.1) is 0 Å². The Morgan fingerprint density at radius 3 is 2.34 bits per heavy atom. The van der Waals surface area contributed by atoms with Gasteiger partial charge in [0.25, 0.3) is 5.91 Å². The van der Waals surface area contributed by atoms with Crippen molar-refractivity contribution in [3.63, 3.8) is 0 Å². The number of hydrogen-bond donors (Lipinski definition) is 2. The van der Waals surface area contributed by atoms with Crippen LogP contribution in [0.15, 0.2) is 10.7 Å². The number of β-amino-alcohol motifs (C(OH)–C–C–N with tert-alkyl or cyclic N) is 1. The molecule has 0 unspecified atom stereocenters. The van der Waals surface area contributed by atoms with Crippen LogP contribution < -0.4 is 5.32 Å². The molecule has 0 spiro atoms. The van der Waals surface area contributed by atoms with Gasteiger partial charge in [0.05, 0.1) is 12.6 Å². The first kappa shape index (κ1) is 22.2. The molecule has 164 valence electrons. The van der Waals surface area contributed by atoms with Gasteiger partial charge in [-0.1, -0.05) is 20.3 Å². The van der Waals surface area contributed by atoms with Crippen LogP contribution in [-0.2, 0) is 6.54 Å². The summed E-state index contributed by atoms with van der Waals surface area (Å²) in [6.45, 7) is 12.8. The van der Waals surface area contributed by atoms with Crippen molar-refractivity contribution in [2.45, 2.75) is 45.8 Å². The number of likely N-dealkylation sites (tertiary alicyclic amines) is 1. The number of aliphatic hydroxyl groups excluding tert-OH is 1. The van der Waals surface area contributed by atoms with Crippen molar-refractivity contribution in [2.24, 2.45) is 5.92 Å². The number of nitrogens with one attached hydrogen (secondary N) is 1. The number of hydrogen-bond acceptors (Lipinski definition) is 7. The zero-order valence-corrected chi connectivity index (χ0v) is 18.0. The molecule has 2 aliphatic rings. The zero-order valence-electron chi connectivity index (χ0n) is 18.0. The van der Waals surface area contributed by atoms with Crippen LogP contribution in [0.3, 0.4) is 0 Å². The average Bonchev–Trinajstić information content (AvgIpc) is 3.17. The van der Waals surface area contributed by atoms with Crippen LogP contribution >= 0.6 is 0 Å². The van der Waals surface area contributed by atoms with E-state index in [1.807, 2.05) is 0 Å². The summed E-state index contributed by atoms with van der Waals surface area (Å²) in [5.41, 5.74) is 0.347. The predicted molar refractivity (Wildman–Crippen MR) is 112 cm³/mol. The van der Waals surface area contributed by atoms with Crippen molar-refractivity contribution in [3.05, 3.63) is 17.8 Å². The summed E-state index contributed by atoms with van der Waals surface area (Å²) >= 11 is 0. The van der Waals surface area contributed by atoms with Crippen LogP contribution in [0.1, 0.15) is 49.5 Å². The Bertz CT molecular complexity index is 622. The van der Waals surface area contributed by atoms with Crippen molar-refractivity contribution in [1.29, 1.82) is 0 Å². The number of piperidine rings is 1. The SMILES string of the molecule is CC(C)CNC(=O)c1coc(CN2CCN(C[C@@H](O)CN3CCCCC3)CC2)n1. The maximum Gasteiger partial charge on any atom is 0.273 e. The Kier molecular flexibility index (Phi) is 8.47. The minimum absolute atomic E-state index is 0.179. The molecule has 8 nitrogen and oxygen atoms in total. The number of carbonyl (C=O) groups is 1. The first-order valence-electron chi connectivity index (χ1n) is 11.1. The fourth-order valence-electron chi connectivity index (χ4n) is 3.99. The van der Waals surface area contributed by atoms with Crippen molar-refractivity contribution in [3.8, 4) is 0 Å². The molecule has 3 rings (SSSR count). The third kappa shape index (κ3) is 7.37. The van der Waals surface area contributed by atoms with Crippen LogP contribution in [0.25, 0.3) is 0 Å². The van der Waals surface area contributed by atoms with Crippen molar-refractivity contribution in [1.82, 2.24) is 25.0 Å². The number of carbonyl (C=O) groups excluding carboxylic acids is 1. The highest BCUT2D eigenvalue weighted by Gasteiger charge is 2.22. The third-order valence-corrected chi connectivity index (χ3v) is 5.67. The second kappa shape index (κ2) is 11.1. The van der Waals surface area contributed by atoms with Gasteiger partial charge in [0.1, 0.15) is 6.26 Å². The van der Waals surface area contributed by atoms with Gasteiger partial charge in [0.2, 0.25) is 5.89 Å². The van der Waals surface area contributed by atoms with E-state index in [0.29, 0.717) is 30.6 Å². The minimum Gasteiger partial charge on any atom is -0.447 e. The van der Waals surface area contributed by atoms with Crippen LogP contribution in [0.4, 0.5) is 0 Å². The second-order valence-electron chi connectivity index (χ2n) is 8.82. The van der Waals surface area contributed by atoms with Gasteiger partial charge in [-0.3, -0.25) is 14.6 Å². The minimum atomic E-state index is -0.279. The molecule has 1 aromatic heterocycles. The van der Waals surface area contributed by atoms with E-state index in [1.54, 1.807) is 0 Å². The van der Waals surface area contributed by atoms with E-state index >= 15 is 0 Å². The van der Waals surface area contributed by atoms with Crippen molar-refractivity contribution >= 4 is 5.91 Å². The summed E-state index contributed by atoms with van der Waals surface area (Å²) in [4.78, 5) is 23.4. The molecule has 8 heteroatoms. The second-order valence-corrected chi connectivity index (χ2v) is 8.82. The lowest BCUT2D eigenvalue weighted by molar-refractivity contribution is 0.0434. The van der Waals surface area contributed by atoms with E-state index in [2.05, 4.69) is 38.8 Å². The number of oxazole rings is 1. The van der Waals surface area contributed by atoms with Gasteiger partial charge in [0.15, 0.2) is 5.69 Å². The largest absolute Gasteiger partial charge is 0.447 e. The maximum atomic E-state index is 12.1. The third-order valence-electron chi connectivity index (χ3n) is 5.67. The molecule has 0 bridgehead atoms. The molecular weight excluding hydrogens is 370 g/mol. The lowest BCUT2D eigenvalue weighted by atomic mass is 10.1. The summed E-state index contributed by atoms with van der Waals surface area (Å²) in [5.74, 6) is 0.805. The number of amides is 1. The lowest BCUT2D eigenvalue weighted by Crippen LogP contribution is -2.50. The molecule has 0 radical (unpaired) electrons. The van der Waals surface area contributed by atoms with Crippen LogP contribution in [0.2, 0.25) is 0 Å². The topological polar surface area (TPSA) is 85.1 Å². The predicted octanol–water partition coefficient (Wildman–Crippen LogP) is 1.02. The van der Waals surface area contributed by atoms with Crippen LogP contribution in [0, 0.1) is 5.92 Å². The van der Waals surface area contributed by atoms with Gasteiger partial charge >= 0.3 is 0 Å². The fourth-order valence-corrected chi connectivity index (χ4v) is 3.99. The van der Waals surface area contributed by atoms with Gasteiger partial charge in [-0.25, -0.2) is 4.98 Å². The van der Waals surface area contributed by atoms with Crippen molar-refractivity contribution in [2.75, 3.05) is 58.9 Å². The number of piperazine rings is 1. The summed E-state index contributed by atoms with van der Waals surface area (Å²) < 4.78 is 5.50. The van der Waals surface area contributed by atoms with Gasteiger partial charge in [0, 0.05) is 45.8 Å². The monoisotopic (exact) mass is 407 g/mol. The molecule has 3 heterocycles. The average molecular weight is 408 g/mol. The molecule has 0 saturated carbocycles. The summed E-state index contributed by atoms with van der Waals surface area (Å²) in [5, 5.41) is 13.3. The first-order chi connectivity index (χ1) is 14.0. The molecule has 2 saturated heterocycles. The Morgan fingerprint density at radius 1 is 1.07 bits per heavy atom. The molecule has 1 atom stereocenters. The van der Waals surface area contributed by atoms with Crippen LogP contribution in [0.5, 0.6) is 0 Å². The highest BCUT2D eigenvalue weighted by atomic mass is 16.3. The van der Waals surface area contributed by atoms with E-state index in [9.17, 15) is 9.90 Å². The fraction of sp³-hybridized carbons (Fsp3) is 0.810. The Balaban J connectivity index is 1.36. The van der Waals surface area contributed by atoms with E-state index in [4.69, 9.17) is 4.42 Å². The van der Waals surface area contributed by atoms with Crippen LogP contribution in [-0.4, -0.2) is 95.7 Å². The lowest BCUT2D eigenvalue weighted by Gasteiger charge is -2.36. The van der Waals surface area contributed by atoms with E-state index in [1.165, 1.54) is 25.5 Å². The molecule has 29 heavy (non-hydrogen) atoms. The molecular formula is C21H37N5O3. The Morgan fingerprint density at radius 2 is 1.69 bits per heavy atom. The Hall–Kier alpha value is -1.48. The number of nitrogens with zero attached hydrogens (tertiary/aromatic N) is 4. The molecule has 2 aliphatic heterocycles. The zero-order chi connectivity index (χ0) is 20.6. The highest BCUT2D eigenvalue weighted by molar-refractivity contribution is 5.91. The molecule has 1 aromatic rings. The smallest absolute Gasteiger partial charge is 0.273 e. The van der Waals surface area contributed by atoms with Crippen molar-refractivity contribution < 1.29 is 14.3 Å². The van der Waals surface area contributed by atoms with Gasteiger partial charge in [-0.05, 0) is 31.8 Å². The molecule has 1 amide bonds. The highest BCUT2D eigenvalue weighted by Crippen LogP contribution is 2.12.